The lowest BCUT2D eigenvalue weighted by molar-refractivity contribution is 0.393. The molecule has 0 spiro atoms. The Morgan fingerprint density at radius 1 is 0.700 bits per heavy atom. The number of hydrogen-bond donors (Lipinski definition) is 0. The first kappa shape index (κ1) is 23.1. The van der Waals surface area contributed by atoms with E-state index in [0.29, 0.717) is 0 Å². The van der Waals surface area contributed by atoms with Gasteiger partial charge >= 0.3 is 6.85 Å². The highest BCUT2D eigenvalue weighted by atomic mass is 15.6. The number of nitrogens with zero attached hydrogens (tertiary/aromatic N) is 5. The van der Waals surface area contributed by atoms with E-state index in [-0.39, 0.29) is 6.85 Å². The molecule has 0 N–H and O–H groups in total. The van der Waals surface area contributed by atoms with Gasteiger partial charge in [0, 0.05) is 47.0 Å². The van der Waals surface area contributed by atoms with E-state index in [1.54, 1.807) is 0 Å². The molecule has 5 aromatic rings. The summed E-state index contributed by atoms with van der Waals surface area (Å²) in [6.07, 6.45) is 1.90. The number of amidine groups is 1. The summed E-state index contributed by atoms with van der Waals surface area (Å²) in [4.78, 5) is 9.57. The van der Waals surface area contributed by atoms with Crippen molar-refractivity contribution in [2.45, 2.75) is 13.8 Å². The van der Waals surface area contributed by atoms with Gasteiger partial charge in [-0.3, -0.25) is 9.99 Å². The molecular weight excluding hydrogens is 489 g/mol. The van der Waals surface area contributed by atoms with Crippen LogP contribution in [0.1, 0.15) is 12.5 Å². The van der Waals surface area contributed by atoms with Crippen LogP contribution in [0.3, 0.4) is 0 Å². The van der Waals surface area contributed by atoms with Crippen molar-refractivity contribution in [2.24, 2.45) is 5.10 Å². The maximum atomic E-state index is 4.73. The average molecular weight is 517 g/mol. The fourth-order valence-corrected chi connectivity index (χ4v) is 6.65. The molecule has 4 heterocycles. The van der Waals surface area contributed by atoms with Crippen LogP contribution in [-0.2, 0) is 0 Å². The summed E-state index contributed by atoms with van der Waals surface area (Å²) in [6, 6.07) is 35.7. The van der Waals surface area contributed by atoms with Crippen molar-refractivity contribution in [1.82, 2.24) is 9.99 Å². The molecule has 0 aliphatic carbocycles. The monoisotopic (exact) mass is 517 g/mol. The van der Waals surface area contributed by atoms with Crippen molar-refractivity contribution in [3.05, 3.63) is 109 Å². The van der Waals surface area contributed by atoms with Gasteiger partial charge in [-0.05, 0) is 71.8 Å². The summed E-state index contributed by atoms with van der Waals surface area (Å²) in [6.45, 7) is 5.01. The average Bonchev–Trinajstić information content (AvgIpc) is 3.33. The van der Waals surface area contributed by atoms with Crippen LogP contribution in [0, 0.1) is 6.92 Å². The Morgan fingerprint density at radius 2 is 1.38 bits per heavy atom. The highest BCUT2D eigenvalue weighted by Crippen LogP contribution is 2.48. The summed E-state index contributed by atoms with van der Waals surface area (Å²) in [7, 11) is 2.02. The van der Waals surface area contributed by atoms with Gasteiger partial charge in [0.15, 0.2) is 0 Å². The Labute approximate surface area is 235 Å². The quantitative estimate of drug-likeness (QED) is 0.269. The lowest BCUT2D eigenvalue weighted by atomic mass is 9.43. The third kappa shape index (κ3) is 3.35. The molecule has 0 saturated heterocycles. The number of benzene rings is 4. The zero-order chi connectivity index (χ0) is 27.0. The lowest BCUT2D eigenvalue weighted by Gasteiger charge is -2.44. The molecule has 3 aliphatic rings. The van der Waals surface area contributed by atoms with Crippen LogP contribution < -0.4 is 20.6 Å². The molecular formula is C34H28BN5. The Balaban J connectivity index is 1.41. The Bertz CT molecular complexity index is 1860. The highest BCUT2D eigenvalue weighted by Gasteiger charge is 2.42. The van der Waals surface area contributed by atoms with E-state index in [2.05, 4.69) is 126 Å². The minimum absolute atomic E-state index is 0.0689. The summed E-state index contributed by atoms with van der Waals surface area (Å²) < 4.78 is 0. The smallest absolute Gasteiger partial charge is 0.329 e. The third-order valence-corrected chi connectivity index (χ3v) is 8.42. The molecule has 8 rings (SSSR count). The number of aryl methyl sites for hydroxylation is 1. The van der Waals surface area contributed by atoms with E-state index in [9.17, 15) is 0 Å². The van der Waals surface area contributed by atoms with Gasteiger partial charge in [0.25, 0.3) is 0 Å². The number of hydrogen-bond acceptors (Lipinski definition) is 5. The molecule has 6 heteroatoms. The van der Waals surface area contributed by atoms with Gasteiger partial charge in [0.05, 0.1) is 5.69 Å². The number of anilines is 3. The van der Waals surface area contributed by atoms with Gasteiger partial charge < -0.3 is 9.71 Å². The molecule has 0 unspecified atom stereocenters. The SMILES string of the molecule is CC1=NN(C)CN1c1ccc2c(c1)N1B(c3ccccc3-c3ccc(-c4cc(C)ccn4)cc31)c1ccccc1-2. The molecule has 0 amide bonds. The topological polar surface area (TPSA) is 35.0 Å². The Kier molecular flexibility index (Phi) is 4.95. The second-order valence-electron chi connectivity index (χ2n) is 11.0. The predicted molar refractivity (Wildman–Crippen MR) is 167 cm³/mol. The Morgan fingerprint density at radius 3 is 2.05 bits per heavy atom. The fourth-order valence-electron chi connectivity index (χ4n) is 6.65. The molecule has 0 fully saturated rings. The van der Waals surface area contributed by atoms with Gasteiger partial charge in [-0.25, -0.2) is 0 Å². The van der Waals surface area contributed by atoms with Crippen LogP contribution in [0.15, 0.2) is 108 Å². The molecule has 3 aliphatic heterocycles. The Hall–Kier alpha value is -4.84. The van der Waals surface area contributed by atoms with Crippen LogP contribution in [0.2, 0.25) is 0 Å². The van der Waals surface area contributed by atoms with E-state index < -0.39 is 0 Å². The predicted octanol–water partition coefficient (Wildman–Crippen LogP) is 6.00. The van der Waals surface area contributed by atoms with E-state index >= 15 is 0 Å². The highest BCUT2D eigenvalue weighted by molar-refractivity contribution is 6.92. The van der Waals surface area contributed by atoms with E-state index in [1.807, 2.05) is 18.3 Å². The number of pyridine rings is 1. The fraction of sp³-hybridized carbons (Fsp3) is 0.118. The normalized spacial score (nSPS) is 14.7. The molecule has 4 aromatic carbocycles. The number of aromatic nitrogens is 1. The van der Waals surface area contributed by atoms with Gasteiger partial charge in [0.2, 0.25) is 0 Å². The van der Waals surface area contributed by atoms with Gasteiger partial charge in [0.1, 0.15) is 12.5 Å². The zero-order valence-electron chi connectivity index (χ0n) is 22.8. The first-order valence-electron chi connectivity index (χ1n) is 13.8. The standard InChI is InChI=1S/C34H28BN5/c1-22-16-17-36-32(18-22)24-12-14-28-26-8-4-6-10-30(26)35-31-11-7-5-9-27(31)29-15-13-25(39-21-38(3)37-23(39)2)20-34(29)40(35)33(28)19-24/h4-20H,21H2,1-3H3. The second kappa shape index (κ2) is 8.58. The van der Waals surface area contributed by atoms with Crippen molar-refractivity contribution >= 4 is 40.7 Å². The van der Waals surface area contributed by atoms with E-state index in [4.69, 9.17) is 4.98 Å². The summed E-state index contributed by atoms with van der Waals surface area (Å²) in [5, 5.41) is 6.64. The summed E-state index contributed by atoms with van der Waals surface area (Å²) >= 11 is 0. The van der Waals surface area contributed by atoms with Crippen LogP contribution in [0.25, 0.3) is 33.5 Å². The molecule has 5 nitrogen and oxygen atoms in total. The number of rotatable bonds is 2. The number of fused-ring (bicyclic) bond motifs is 11. The molecule has 1 aromatic heterocycles. The van der Waals surface area contributed by atoms with Crippen molar-refractivity contribution in [3.63, 3.8) is 0 Å². The van der Waals surface area contributed by atoms with Crippen molar-refractivity contribution < 1.29 is 0 Å². The van der Waals surface area contributed by atoms with Crippen molar-refractivity contribution in [1.29, 1.82) is 0 Å². The van der Waals surface area contributed by atoms with Crippen LogP contribution in [0.5, 0.6) is 0 Å². The maximum absolute atomic E-state index is 4.73. The van der Waals surface area contributed by atoms with Crippen LogP contribution in [-0.4, -0.2) is 36.4 Å². The summed E-state index contributed by atoms with van der Waals surface area (Å²) in [5.41, 5.74) is 14.7. The molecule has 0 atom stereocenters. The van der Waals surface area contributed by atoms with Crippen LogP contribution in [0.4, 0.5) is 17.1 Å². The van der Waals surface area contributed by atoms with Gasteiger partial charge in [-0.15, -0.1) is 0 Å². The molecule has 0 bridgehead atoms. The van der Waals surface area contributed by atoms with Gasteiger partial charge in [-0.1, -0.05) is 66.7 Å². The largest absolute Gasteiger partial charge is 0.376 e. The van der Waals surface area contributed by atoms with Crippen molar-refractivity contribution in [3.8, 4) is 33.5 Å². The third-order valence-electron chi connectivity index (χ3n) is 8.42. The van der Waals surface area contributed by atoms with Crippen LogP contribution >= 0.6 is 0 Å². The van der Waals surface area contributed by atoms with E-state index in [0.717, 1.165) is 29.4 Å². The molecule has 0 saturated carbocycles. The first-order chi connectivity index (χ1) is 19.6. The minimum atomic E-state index is 0.0689. The zero-order valence-corrected chi connectivity index (χ0v) is 22.8. The maximum Gasteiger partial charge on any atom is 0.329 e. The van der Waals surface area contributed by atoms with Crippen molar-refractivity contribution in [2.75, 3.05) is 23.4 Å². The van der Waals surface area contributed by atoms with Gasteiger partial charge in [-0.2, -0.15) is 5.10 Å². The lowest BCUT2D eigenvalue weighted by Crippen LogP contribution is -2.59. The molecule has 192 valence electrons. The second-order valence-corrected chi connectivity index (χ2v) is 11.0. The molecule has 40 heavy (non-hydrogen) atoms. The van der Waals surface area contributed by atoms with E-state index in [1.165, 1.54) is 50.1 Å². The minimum Gasteiger partial charge on any atom is -0.376 e. The number of hydrazone groups is 1. The summed E-state index contributed by atoms with van der Waals surface area (Å²) in [5.74, 6) is 1.01. The first-order valence-corrected chi connectivity index (χ1v) is 13.8. The molecule has 0 radical (unpaired) electrons.